The van der Waals surface area contributed by atoms with Crippen molar-refractivity contribution in [1.82, 2.24) is 24.4 Å². The molecule has 3 heterocycles. The van der Waals surface area contributed by atoms with Crippen LogP contribution in [0.3, 0.4) is 0 Å². The van der Waals surface area contributed by atoms with E-state index in [1.165, 1.54) is 24.0 Å². The number of benzene rings is 2. The summed E-state index contributed by atoms with van der Waals surface area (Å²) in [4.78, 5) is 41.8. The maximum atomic E-state index is 13.1. The SMILES string of the molecule is Cc1cc(Nc2ncc3c(=O)n(-c4cc(Cl)ccc4Cl)c(=O)[nH]c3n2)ccc1N1CCN(C)CC1. The lowest BCUT2D eigenvalue weighted by molar-refractivity contribution is 0.312. The Morgan fingerprint density at radius 1 is 1.00 bits per heavy atom. The summed E-state index contributed by atoms with van der Waals surface area (Å²) in [6.45, 7) is 6.12. The summed E-state index contributed by atoms with van der Waals surface area (Å²) in [7, 11) is 2.13. The molecule has 4 aromatic rings. The van der Waals surface area contributed by atoms with Crippen LogP contribution in [0.25, 0.3) is 16.7 Å². The van der Waals surface area contributed by atoms with Crippen LogP contribution in [0.4, 0.5) is 17.3 Å². The van der Waals surface area contributed by atoms with Crippen molar-refractivity contribution in [1.29, 1.82) is 0 Å². The molecule has 2 aromatic heterocycles. The standard InChI is InChI=1S/C24H23Cl2N7O2/c1-14-11-16(4-6-19(14)32-9-7-31(2)8-10-32)28-23-27-13-17-21(29-23)30-24(35)33(22(17)34)20-12-15(25)3-5-18(20)26/h3-6,11-13H,7-10H2,1-2H3,(H2,27,28,29,30,35). The Labute approximate surface area is 210 Å². The van der Waals surface area contributed by atoms with E-state index in [0.29, 0.717) is 5.02 Å². The zero-order valence-corrected chi connectivity index (χ0v) is 20.7. The average molecular weight is 512 g/mol. The highest BCUT2D eigenvalue weighted by atomic mass is 35.5. The first-order valence-electron chi connectivity index (χ1n) is 11.1. The highest BCUT2D eigenvalue weighted by Gasteiger charge is 2.17. The molecule has 1 saturated heterocycles. The fourth-order valence-corrected chi connectivity index (χ4v) is 4.57. The fraction of sp³-hybridized carbons (Fsp3) is 0.250. The van der Waals surface area contributed by atoms with Crippen LogP contribution in [0.15, 0.2) is 52.2 Å². The van der Waals surface area contributed by atoms with Gasteiger partial charge in [-0.05, 0) is 55.9 Å². The van der Waals surface area contributed by atoms with Crippen LogP contribution in [-0.4, -0.2) is 57.6 Å². The molecule has 180 valence electrons. The number of fused-ring (bicyclic) bond motifs is 1. The van der Waals surface area contributed by atoms with Crippen LogP contribution < -0.4 is 21.5 Å². The summed E-state index contributed by atoms with van der Waals surface area (Å²) < 4.78 is 0.924. The molecule has 1 fully saturated rings. The molecule has 0 atom stereocenters. The van der Waals surface area contributed by atoms with Gasteiger partial charge >= 0.3 is 5.69 Å². The van der Waals surface area contributed by atoms with Gasteiger partial charge in [-0.2, -0.15) is 4.98 Å². The molecule has 0 bridgehead atoms. The van der Waals surface area contributed by atoms with Gasteiger partial charge < -0.3 is 15.1 Å². The third kappa shape index (κ3) is 4.62. The van der Waals surface area contributed by atoms with Crippen molar-refractivity contribution in [3.05, 3.63) is 79.0 Å². The molecule has 0 spiro atoms. The average Bonchev–Trinajstić information content (AvgIpc) is 2.82. The predicted molar refractivity (Wildman–Crippen MR) is 140 cm³/mol. The van der Waals surface area contributed by atoms with Crippen molar-refractivity contribution >= 4 is 51.6 Å². The molecule has 2 aromatic carbocycles. The van der Waals surface area contributed by atoms with Crippen molar-refractivity contribution in [2.45, 2.75) is 6.92 Å². The number of anilines is 3. The molecule has 9 nitrogen and oxygen atoms in total. The minimum atomic E-state index is -0.677. The third-order valence-corrected chi connectivity index (χ3v) is 6.65. The second kappa shape index (κ2) is 9.33. The second-order valence-electron chi connectivity index (χ2n) is 8.54. The topological polar surface area (TPSA) is 99.1 Å². The first kappa shape index (κ1) is 23.3. The maximum Gasteiger partial charge on any atom is 0.334 e. The highest BCUT2D eigenvalue weighted by Crippen LogP contribution is 2.26. The Hall–Kier alpha value is -3.40. The number of aromatic nitrogens is 4. The zero-order valence-electron chi connectivity index (χ0n) is 19.2. The number of halogens is 2. The number of nitrogens with zero attached hydrogens (tertiary/aromatic N) is 5. The van der Waals surface area contributed by atoms with Gasteiger partial charge in [0.2, 0.25) is 5.95 Å². The van der Waals surface area contributed by atoms with E-state index in [1.54, 1.807) is 6.07 Å². The third-order valence-electron chi connectivity index (χ3n) is 6.10. The van der Waals surface area contributed by atoms with Crippen LogP contribution in [0.2, 0.25) is 10.0 Å². The van der Waals surface area contributed by atoms with E-state index < -0.39 is 11.2 Å². The van der Waals surface area contributed by atoms with Gasteiger partial charge in [-0.25, -0.2) is 14.3 Å². The predicted octanol–water partition coefficient (Wildman–Crippen LogP) is 3.58. The number of hydrogen-bond donors (Lipinski definition) is 2. The Bertz CT molecular complexity index is 1540. The molecule has 0 saturated carbocycles. The second-order valence-corrected chi connectivity index (χ2v) is 9.38. The number of aromatic amines is 1. The number of hydrogen-bond acceptors (Lipinski definition) is 7. The summed E-state index contributed by atoms with van der Waals surface area (Å²) >= 11 is 12.2. The van der Waals surface area contributed by atoms with E-state index in [0.717, 1.165) is 42.0 Å². The lowest BCUT2D eigenvalue weighted by atomic mass is 10.1. The van der Waals surface area contributed by atoms with E-state index >= 15 is 0 Å². The fourth-order valence-electron chi connectivity index (χ4n) is 4.20. The summed E-state index contributed by atoms with van der Waals surface area (Å²) in [6, 6.07) is 10.6. The van der Waals surface area contributed by atoms with E-state index in [4.69, 9.17) is 23.2 Å². The summed E-state index contributed by atoms with van der Waals surface area (Å²) in [5.41, 5.74) is 2.18. The summed E-state index contributed by atoms with van der Waals surface area (Å²) in [5.74, 6) is 0.262. The van der Waals surface area contributed by atoms with Gasteiger partial charge in [-0.15, -0.1) is 0 Å². The first-order chi connectivity index (χ1) is 16.8. The molecule has 0 unspecified atom stereocenters. The van der Waals surface area contributed by atoms with Crippen molar-refractivity contribution < 1.29 is 0 Å². The molecule has 0 radical (unpaired) electrons. The van der Waals surface area contributed by atoms with Crippen molar-refractivity contribution in [2.75, 3.05) is 43.4 Å². The van der Waals surface area contributed by atoms with Crippen molar-refractivity contribution in [2.24, 2.45) is 0 Å². The van der Waals surface area contributed by atoms with Crippen LogP contribution in [0, 0.1) is 6.92 Å². The number of piperazine rings is 1. The highest BCUT2D eigenvalue weighted by molar-refractivity contribution is 6.34. The van der Waals surface area contributed by atoms with Gasteiger partial charge in [0.1, 0.15) is 5.39 Å². The first-order valence-corrected chi connectivity index (χ1v) is 11.8. The van der Waals surface area contributed by atoms with E-state index in [-0.39, 0.29) is 27.7 Å². The summed E-state index contributed by atoms with van der Waals surface area (Å²) in [5, 5.41) is 3.87. The van der Waals surface area contributed by atoms with Crippen LogP contribution >= 0.6 is 23.2 Å². The van der Waals surface area contributed by atoms with E-state index in [9.17, 15) is 9.59 Å². The number of H-pyrrole nitrogens is 1. The molecule has 0 amide bonds. The van der Waals surface area contributed by atoms with Gasteiger partial charge in [0.15, 0.2) is 5.65 Å². The van der Waals surface area contributed by atoms with Gasteiger partial charge in [0, 0.05) is 48.8 Å². The Kier molecular flexibility index (Phi) is 6.22. The quantitative estimate of drug-likeness (QED) is 0.431. The van der Waals surface area contributed by atoms with Gasteiger partial charge in [0.25, 0.3) is 5.56 Å². The van der Waals surface area contributed by atoms with Crippen molar-refractivity contribution in [3.8, 4) is 5.69 Å². The Balaban J connectivity index is 1.45. The number of nitrogens with one attached hydrogen (secondary N) is 2. The molecule has 2 N–H and O–H groups in total. The lowest BCUT2D eigenvalue weighted by Crippen LogP contribution is -2.44. The minimum absolute atomic E-state index is 0.123. The van der Waals surface area contributed by atoms with Crippen LogP contribution in [0.1, 0.15) is 5.56 Å². The van der Waals surface area contributed by atoms with Crippen molar-refractivity contribution in [3.63, 3.8) is 0 Å². The molecule has 1 aliphatic rings. The van der Waals surface area contributed by atoms with Gasteiger partial charge in [-0.1, -0.05) is 23.2 Å². The van der Waals surface area contributed by atoms with Gasteiger partial charge in [-0.3, -0.25) is 9.78 Å². The van der Waals surface area contributed by atoms with E-state index in [2.05, 4.69) is 50.1 Å². The molecule has 5 rings (SSSR count). The Morgan fingerprint density at radius 3 is 2.51 bits per heavy atom. The molecule has 11 heteroatoms. The lowest BCUT2D eigenvalue weighted by Gasteiger charge is -2.35. The van der Waals surface area contributed by atoms with Crippen LogP contribution in [0.5, 0.6) is 0 Å². The summed E-state index contributed by atoms with van der Waals surface area (Å²) in [6.07, 6.45) is 1.38. The number of aryl methyl sites for hydroxylation is 1. The Morgan fingerprint density at radius 2 is 1.77 bits per heavy atom. The maximum absolute atomic E-state index is 13.1. The smallest absolute Gasteiger partial charge is 0.334 e. The van der Waals surface area contributed by atoms with E-state index in [1.807, 2.05) is 12.1 Å². The van der Waals surface area contributed by atoms with Crippen LogP contribution in [-0.2, 0) is 0 Å². The molecule has 0 aliphatic carbocycles. The zero-order chi connectivity index (χ0) is 24.7. The molecular formula is C24H23Cl2N7O2. The van der Waals surface area contributed by atoms with Gasteiger partial charge in [0.05, 0.1) is 10.7 Å². The normalized spacial score (nSPS) is 14.5. The monoisotopic (exact) mass is 511 g/mol. The number of likely N-dealkylation sites (N-methyl/N-ethyl adjacent to an activating group) is 1. The molecule has 1 aliphatic heterocycles. The molecular weight excluding hydrogens is 489 g/mol. The minimum Gasteiger partial charge on any atom is -0.369 e. The number of rotatable bonds is 4. The largest absolute Gasteiger partial charge is 0.369 e. The molecule has 35 heavy (non-hydrogen) atoms.